The molecule has 1 fully saturated rings. The molecule has 2 rings (SSSR count). The molecule has 1 amide bonds. The number of rotatable bonds is 3. The van der Waals surface area contributed by atoms with Gasteiger partial charge in [0.25, 0.3) is 5.91 Å². The zero-order valence-corrected chi connectivity index (χ0v) is 8.75. The maximum atomic E-state index is 11.6. The number of hydrogen-bond donors (Lipinski definition) is 2. The fourth-order valence-corrected chi connectivity index (χ4v) is 1.69. The third kappa shape index (κ3) is 2.56. The highest BCUT2D eigenvalue weighted by atomic mass is 16.5. The van der Waals surface area contributed by atoms with Gasteiger partial charge >= 0.3 is 0 Å². The van der Waals surface area contributed by atoms with E-state index in [1.807, 2.05) is 0 Å². The maximum Gasteiger partial charge on any atom is 0.273 e. The molecule has 1 aliphatic heterocycles. The summed E-state index contributed by atoms with van der Waals surface area (Å²) in [6, 6.07) is 1.64. The minimum atomic E-state index is -0.154. The third-order valence-corrected chi connectivity index (χ3v) is 2.57. The van der Waals surface area contributed by atoms with Gasteiger partial charge in [0.05, 0.1) is 0 Å². The molecule has 0 saturated carbocycles. The first-order chi connectivity index (χ1) is 7.25. The molecule has 5 nitrogen and oxygen atoms in total. The first-order valence-corrected chi connectivity index (χ1v) is 5.18. The SMILES string of the molecule is Cc1cc(C(=O)NCC2CCNC2)no1. The van der Waals surface area contributed by atoms with Gasteiger partial charge in [0.1, 0.15) is 5.76 Å². The highest BCUT2D eigenvalue weighted by Gasteiger charge is 2.16. The molecule has 1 aromatic rings. The van der Waals surface area contributed by atoms with Crippen molar-refractivity contribution >= 4 is 5.91 Å². The molecule has 15 heavy (non-hydrogen) atoms. The summed E-state index contributed by atoms with van der Waals surface area (Å²) in [4.78, 5) is 11.6. The number of aryl methyl sites for hydroxylation is 1. The predicted molar refractivity (Wildman–Crippen MR) is 54.5 cm³/mol. The second-order valence-electron chi connectivity index (χ2n) is 3.89. The molecule has 0 bridgehead atoms. The van der Waals surface area contributed by atoms with Crippen LogP contribution in [0.3, 0.4) is 0 Å². The Kier molecular flexibility index (Phi) is 3.01. The Labute approximate surface area is 88.2 Å². The van der Waals surface area contributed by atoms with E-state index < -0.39 is 0 Å². The van der Waals surface area contributed by atoms with Crippen LogP contribution in [0.25, 0.3) is 0 Å². The topological polar surface area (TPSA) is 67.2 Å². The highest BCUT2D eigenvalue weighted by molar-refractivity contribution is 5.92. The van der Waals surface area contributed by atoms with Crippen molar-refractivity contribution in [3.05, 3.63) is 17.5 Å². The molecule has 1 saturated heterocycles. The van der Waals surface area contributed by atoms with Crippen molar-refractivity contribution in [2.75, 3.05) is 19.6 Å². The van der Waals surface area contributed by atoms with Crippen molar-refractivity contribution in [2.24, 2.45) is 5.92 Å². The van der Waals surface area contributed by atoms with Crippen LogP contribution in [0.2, 0.25) is 0 Å². The van der Waals surface area contributed by atoms with Gasteiger partial charge in [-0.1, -0.05) is 5.16 Å². The minimum absolute atomic E-state index is 0.154. The van der Waals surface area contributed by atoms with Crippen LogP contribution in [-0.4, -0.2) is 30.7 Å². The van der Waals surface area contributed by atoms with Gasteiger partial charge < -0.3 is 15.2 Å². The van der Waals surface area contributed by atoms with Gasteiger partial charge in [-0.2, -0.15) is 0 Å². The summed E-state index contributed by atoms with van der Waals surface area (Å²) in [7, 11) is 0. The van der Waals surface area contributed by atoms with Crippen molar-refractivity contribution < 1.29 is 9.32 Å². The van der Waals surface area contributed by atoms with Gasteiger partial charge in [-0.3, -0.25) is 4.79 Å². The van der Waals surface area contributed by atoms with Gasteiger partial charge in [0.2, 0.25) is 0 Å². The largest absolute Gasteiger partial charge is 0.361 e. The van der Waals surface area contributed by atoms with Crippen molar-refractivity contribution in [1.29, 1.82) is 0 Å². The predicted octanol–water partition coefficient (Wildman–Crippen LogP) is 0.322. The van der Waals surface area contributed by atoms with Crippen LogP contribution in [0.1, 0.15) is 22.7 Å². The summed E-state index contributed by atoms with van der Waals surface area (Å²) in [5, 5.41) is 9.77. The third-order valence-electron chi connectivity index (χ3n) is 2.57. The molecular formula is C10H15N3O2. The molecule has 1 atom stereocenters. The first kappa shape index (κ1) is 10.2. The second-order valence-corrected chi connectivity index (χ2v) is 3.89. The van der Waals surface area contributed by atoms with Crippen molar-refractivity contribution in [3.63, 3.8) is 0 Å². The Hall–Kier alpha value is -1.36. The van der Waals surface area contributed by atoms with Crippen LogP contribution in [0, 0.1) is 12.8 Å². The lowest BCUT2D eigenvalue weighted by atomic mass is 10.1. The van der Waals surface area contributed by atoms with Gasteiger partial charge in [-0.05, 0) is 32.4 Å². The Morgan fingerprint density at radius 1 is 1.80 bits per heavy atom. The van der Waals surface area contributed by atoms with Crippen LogP contribution in [0.5, 0.6) is 0 Å². The minimum Gasteiger partial charge on any atom is -0.361 e. The Balaban J connectivity index is 1.81. The summed E-state index contributed by atoms with van der Waals surface area (Å²) < 4.78 is 4.83. The van der Waals surface area contributed by atoms with Gasteiger partial charge in [0.15, 0.2) is 5.69 Å². The lowest BCUT2D eigenvalue weighted by Crippen LogP contribution is -2.30. The molecule has 1 aliphatic rings. The Morgan fingerprint density at radius 3 is 3.27 bits per heavy atom. The Morgan fingerprint density at radius 2 is 2.67 bits per heavy atom. The molecule has 2 N–H and O–H groups in total. The van der Waals surface area contributed by atoms with E-state index in [1.54, 1.807) is 13.0 Å². The van der Waals surface area contributed by atoms with E-state index in [0.717, 1.165) is 19.5 Å². The number of aromatic nitrogens is 1. The molecule has 0 spiro atoms. The fourth-order valence-electron chi connectivity index (χ4n) is 1.69. The van der Waals surface area contributed by atoms with E-state index >= 15 is 0 Å². The van der Waals surface area contributed by atoms with Gasteiger partial charge in [0, 0.05) is 12.6 Å². The number of nitrogens with one attached hydrogen (secondary N) is 2. The van der Waals surface area contributed by atoms with E-state index in [2.05, 4.69) is 15.8 Å². The molecule has 82 valence electrons. The smallest absolute Gasteiger partial charge is 0.273 e. The number of hydrogen-bond acceptors (Lipinski definition) is 4. The number of carbonyl (C=O) groups is 1. The van der Waals surface area contributed by atoms with E-state index in [1.165, 1.54) is 0 Å². The fraction of sp³-hybridized carbons (Fsp3) is 0.600. The van der Waals surface area contributed by atoms with Crippen molar-refractivity contribution in [2.45, 2.75) is 13.3 Å². The molecule has 0 aliphatic carbocycles. The second kappa shape index (κ2) is 4.44. The molecule has 0 radical (unpaired) electrons. The monoisotopic (exact) mass is 209 g/mol. The Bertz CT molecular complexity index is 342. The van der Waals surface area contributed by atoms with Crippen LogP contribution >= 0.6 is 0 Å². The van der Waals surface area contributed by atoms with Crippen molar-refractivity contribution in [1.82, 2.24) is 15.8 Å². The molecular weight excluding hydrogens is 194 g/mol. The zero-order chi connectivity index (χ0) is 10.7. The lowest BCUT2D eigenvalue weighted by Gasteiger charge is -2.08. The average molecular weight is 209 g/mol. The first-order valence-electron chi connectivity index (χ1n) is 5.18. The number of nitrogens with zero attached hydrogens (tertiary/aromatic N) is 1. The molecule has 2 heterocycles. The summed E-state index contributed by atoms with van der Waals surface area (Å²) in [5.41, 5.74) is 0.360. The molecule has 1 aromatic heterocycles. The standard InChI is InChI=1S/C10H15N3O2/c1-7-4-9(13-15-7)10(14)12-6-8-2-3-11-5-8/h4,8,11H,2-3,5-6H2,1H3,(H,12,14). The summed E-state index contributed by atoms with van der Waals surface area (Å²) >= 11 is 0. The van der Waals surface area contributed by atoms with E-state index in [0.29, 0.717) is 23.9 Å². The number of carbonyl (C=O) groups excluding carboxylic acids is 1. The van der Waals surface area contributed by atoms with E-state index in [9.17, 15) is 4.79 Å². The summed E-state index contributed by atoms with van der Waals surface area (Å²) in [5.74, 6) is 1.04. The van der Waals surface area contributed by atoms with Crippen LogP contribution < -0.4 is 10.6 Å². The van der Waals surface area contributed by atoms with Crippen LogP contribution in [-0.2, 0) is 0 Å². The van der Waals surface area contributed by atoms with Gasteiger partial charge in [-0.25, -0.2) is 0 Å². The summed E-state index contributed by atoms with van der Waals surface area (Å²) in [6.45, 7) is 4.50. The lowest BCUT2D eigenvalue weighted by molar-refractivity contribution is 0.0939. The quantitative estimate of drug-likeness (QED) is 0.752. The number of amides is 1. The zero-order valence-electron chi connectivity index (χ0n) is 8.75. The molecule has 5 heteroatoms. The van der Waals surface area contributed by atoms with E-state index in [4.69, 9.17) is 4.52 Å². The molecule has 0 aromatic carbocycles. The normalized spacial score (nSPS) is 20.5. The van der Waals surface area contributed by atoms with Gasteiger partial charge in [-0.15, -0.1) is 0 Å². The summed E-state index contributed by atoms with van der Waals surface area (Å²) in [6.07, 6.45) is 1.12. The van der Waals surface area contributed by atoms with Crippen LogP contribution in [0.4, 0.5) is 0 Å². The highest BCUT2D eigenvalue weighted by Crippen LogP contribution is 2.06. The van der Waals surface area contributed by atoms with Crippen LogP contribution in [0.15, 0.2) is 10.6 Å². The molecule has 1 unspecified atom stereocenters. The van der Waals surface area contributed by atoms with E-state index in [-0.39, 0.29) is 5.91 Å². The van der Waals surface area contributed by atoms with Crippen molar-refractivity contribution in [3.8, 4) is 0 Å². The average Bonchev–Trinajstić information content (AvgIpc) is 2.84. The maximum absolute atomic E-state index is 11.6.